The first-order valence-electron chi connectivity index (χ1n) is 8.15. The maximum absolute atomic E-state index is 12.3. The van der Waals surface area contributed by atoms with Gasteiger partial charge >= 0.3 is 6.03 Å². The zero-order valence-electron chi connectivity index (χ0n) is 13.6. The van der Waals surface area contributed by atoms with E-state index in [9.17, 15) is 9.59 Å². The Morgan fingerprint density at radius 1 is 1.12 bits per heavy atom. The molecule has 0 spiro atoms. The number of pyridine rings is 1. The number of nitrogens with zero attached hydrogens (tertiary/aromatic N) is 2. The maximum atomic E-state index is 12.3. The van der Waals surface area contributed by atoms with Gasteiger partial charge in [0.1, 0.15) is 5.15 Å². The van der Waals surface area contributed by atoms with Crippen molar-refractivity contribution >= 4 is 29.2 Å². The second-order valence-corrected chi connectivity index (χ2v) is 6.29. The Balaban J connectivity index is 1.48. The molecule has 1 aliphatic rings. The maximum Gasteiger partial charge on any atom is 0.321 e. The van der Waals surface area contributed by atoms with Crippen LogP contribution in [-0.2, 0) is 0 Å². The van der Waals surface area contributed by atoms with Crippen LogP contribution in [0.2, 0.25) is 5.15 Å². The lowest BCUT2D eigenvalue weighted by molar-refractivity contribution is 0.0919. The third kappa shape index (κ3) is 4.70. The minimum Gasteiger partial charge on any atom is -0.349 e. The molecule has 3 amide bonds. The van der Waals surface area contributed by atoms with Crippen LogP contribution in [-0.4, -0.2) is 41.0 Å². The number of likely N-dealkylation sites (tertiary alicyclic amines) is 1. The fourth-order valence-electron chi connectivity index (χ4n) is 2.76. The van der Waals surface area contributed by atoms with Gasteiger partial charge < -0.3 is 15.5 Å². The number of halogens is 1. The van der Waals surface area contributed by atoms with E-state index in [0.717, 1.165) is 5.69 Å². The molecule has 1 aromatic heterocycles. The first-order chi connectivity index (χ1) is 12.1. The van der Waals surface area contributed by atoms with Crippen LogP contribution in [0, 0.1) is 0 Å². The van der Waals surface area contributed by atoms with E-state index >= 15 is 0 Å². The summed E-state index contributed by atoms with van der Waals surface area (Å²) < 4.78 is 0. The number of piperidine rings is 1. The largest absolute Gasteiger partial charge is 0.349 e. The fraction of sp³-hybridized carbons (Fsp3) is 0.278. The zero-order chi connectivity index (χ0) is 17.6. The number of anilines is 1. The van der Waals surface area contributed by atoms with E-state index in [1.165, 1.54) is 6.20 Å². The van der Waals surface area contributed by atoms with Crippen LogP contribution in [0.1, 0.15) is 23.2 Å². The predicted octanol–water partition coefficient (Wildman–Crippen LogP) is 3.16. The number of aromatic nitrogens is 1. The van der Waals surface area contributed by atoms with Crippen LogP contribution in [0.3, 0.4) is 0 Å². The van der Waals surface area contributed by atoms with Gasteiger partial charge in [-0.3, -0.25) is 4.79 Å². The molecule has 130 valence electrons. The topological polar surface area (TPSA) is 74.3 Å². The summed E-state index contributed by atoms with van der Waals surface area (Å²) in [5.74, 6) is -0.170. The Bertz CT molecular complexity index is 746. The quantitative estimate of drug-likeness (QED) is 0.827. The van der Waals surface area contributed by atoms with Gasteiger partial charge in [0.25, 0.3) is 5.91 Å². The summed E-state index contributed by atoms with van der Waals surface area (Å²) in [4.78, 5) is 30.1. The van der Waals surface area contributed by atoms with Gasteiger partial charge in [-0.05, 0) is 37.1 Å². The van der Waals surface area contributed by atoms with Crippen molar-refractivity contribution in [3.8, 4) is 0 Å². The normalized spacial score (nSPS) is 14.8. The minimum atomic E-state index is -0.170. The number of carbonyl (C=O) groups excluding carboxylic acids is 2. The molecule has 0 saturated carbocycles. The highest BCUT2D eigenvalue weighted by atomic mass is 35.5. The Morgan fingerprint density at radius 3 is 2.52 bits per heavy atom. The van der Waals surface area contributed by atoms with Crippen molar-refractivity contribution in [2.24, 2.45) is 0 Å². The average Bonchev–Trinajstić information content (AvgIpc) is 2.63. The van der Waals surface area contributed by atoms with E-state index in [-0.39, 0.29) is 18.0 Å². The first-order valence-corrected chi connectivity index (χ1v) is 8.53. The molecular formula is C18H19ClN4O2. The lowest BCUT2D eigenvalue weighted by atomic mass is 10.0. The standard InChI is InChI=1S/C18H19ClN4O2/c19-16-12-13(6-9-20-16)17(24)21-15-7-10-23(11-8-15)18(25)22-14-4-2-1-3-5-14/h1-6,9,12,15H,7-8,10-11H2,(H,21,24)(H,22,25). The number of nitrogens with one attached hydrogen (secondary N) is 2. The molecule has 0 bridgehead atoms. The van der Waals surface area contributed by atoms with E-state index in [1.54, 1.807) is 17.0 Å². The third-order valence-corrected chi connectivity index (χ3v) is 4.34. The molecule has 2 aromatic rings. The van der Waals surface area contributed by atoms with Crippen LogP contribution in [0.5, 0.6) is 0 Å². The van der Waals surface area contributed by atoms with E-state index in [2.05, 4.69) is 15.6 Å². The van der Waals surface area contributed by atoms with Crippen molar-refractivity contribution in [2.75, 3.05) is 18.4 Å². The van der Waals surface area contributed by atoms with E-state index in [4.69, 9.17) is 11.6 Å². The van der Waals surface area contributed by atoms with Gasteiger partial charge in [-0.25, -0.2) is 9.78 Å². The monoisotopic (exact) mass is 358 g/mol. The first kappa shape index (κ1) is 17.2. The SMILES string of the molecule is O=C(NC1CCN(C(=O)Nc2ccccc2)CC1)c1ccnc(Cl)c1. The molecule has 2 N–H and O–H groups in total. The number of amides is 3. The fourth-order valence-corrected chi connectivity index (χ4v) is 2.94. The number of benzene rings is 1. The highest BCUT2D eigenvalue weighted by Crippen LogP contribution is 2.14. The van der Waals surface area contributed by atoms with Crippen LogP contribution in [0.25, 0.3) is 0 Å². The van der Waals surface area contributed by atoms with E-state index in [0.29, 0.717) is 36.6 Å². The Hall–Kier alpha value is -2.60. The van der Waals surface area contributed by atoms with Gasteiger partial charge in [0.2, 0.25) is 0 Å². The summed E-state index contributed by atoms with van der Waals surface area (Å²) in [5.41, 5.74) is 1.27. The van der Waals surface area contributed by atoms with Crippen LogP contribution in [0.4, 0.5) is 10.5 Å². The van der Waals surface area contributed by atoms with Gasteiger partial charge in [-0.1, -0.05) is 29.8 Å². The Labute approximate surface area is 151 Å². The smallest absolute Gasteiger partial charge is 0.321 e. The number of hydrogen-bond donors (Lipinski definition) is 2. The molecule has 1 fully saturated rings. The number of para-hydroxylation sites is 1. The molecule has 1 aliphatic heterocycles. The van der Waals surface area contributed by atoms with Crippen LogP contribution >= 0.6 is 11.6 Å². The molecule has 3 rings (SSSR count). The van der Waals surface area contributed by atoms with Crippen molar-refractivity contribution in [3.05, 3.63) is 59.4 Å². The van der Waals surface area contributed by atoms with Gasteiger partial charge in [-0.15, -0.1) is 0 Å². The predicted molar refractivity (Wildman–Crippen MR) is 96.8 cm³/mol. The molecule has 1 aromatic carbocycles. The van der Waals surface area contributed by atoms with Gasteiger partial charge in [0, 0.05) is 36.6 Å². The Morgan fingerprint density at radius 2 is 1.84 bits per heavy atom. The summed E-state index contributed by atoms with van der Waals surface area (Å²) in [7, 11) is 0. The number of hydrogen-bond acceptors (Lipinski definition) is 3. The number of carbonyl (C=O) groups is 2. The molecule has 7 heteroatoms. The zero-order valence-corrected chi connectivity index (χ0v) is 14.4. The molecule has 0 atom stereocenters. The molecule has 6 nitrogen and oxygen atoms in total. The number of rotatable bonds is 3. The van der Waals surface area contributed by atoms with Crippen LogP contribution in [0.15, 0.2) is 48.7 Å². The highest BCUT2D eigenvalue weighted by Gasteiger charge is 2.24. The Kier molecular flexibility index (Phi) is 5.50. The summed E-state index contributed by atoms with van der Waals surface area (Å²) in [6.45, 7) is 1.20. The summed E-state index contributed by atoms with van der Waals surface area (Å²) in [6.07, 6.45) is 2.94. The van der Waals surface area contributed by atoms with Gasteiger partial charge in [0.05, 0.1) is 0 Å². The molecule has 0 unspecified atom stereocenters. The van der Waals surface area contributed by atoms with E-state index in [1.807, 2.05) is 30.3 Å². The summed E-state index contributed by atoms with van der Waals surface area (Å²) in [6, 6.07) is 12.5. The molecular weight excluding hydrogens is 340 g/mol. The lowest BCUT2D eigenvalue weighted by Crippen LogP contribution is -2.47. The van der Waals surface area contributed by atoms with Crippen molar-refractivity contribution in [2.45, 2.75) is 18.9 Å². The molecule has 2 heterocycles. The van der Waals surface area contributed by atoms with Crippen molar-refractivity contribution in [3.63, 3.8) is 0 Å². The minimum absolute atomic E-state index is 0.0419. The van der Waals surface area contributed by atoms with Crippen molar-refractivity contribution in [1.29, 1.82) is 0 Å². The second kappa shape index (κ2) is 7.98. The van der Waals surface area contributed by atoms with E-state index < -0.39 is 0 Å². The molecule has 25 heavy (non-hydrogen) atoms. The average molecular weight is 359 g/mol. The van der Waals surface area contributed by atoms with Crippen molar-refractivity contribution < 1.29 is 9.59 Å². The number of urea groups is 1. The van der Waals surface area contributed by atoms with Crippen LogP contribution < -0.4 is 10.6 Å². The molecule has 1 saturated heterocycles. The summed E-state index contributed by atoms with van der Waals surface area (Å²) in [5, 5.41) is 6.16. The lowest BCUT2D eigenvalue weighted by Gasteiger charge is -2.32. The highest BCUT2D eigenvalue weighted by molar-refractivity contribution is 6.29. The second-order valence-electron chi connectivity index (χ2n) is 5.90. The van der Waals surface area contributed by atoms with Crippen molar-refractivity contribution in [1.82, 2.24) is 15.2 Å². The van der Waals surface area contributed by atoms with Gasteiger partial charge in [-0.2, -0.15) is 0 Å². The summed E-state index contributed by atoms with van der Waals surface area (Å²) >= 11 is 5.81. The molecule has 0 aliphatic carbocycles. The molecule has 0 radical (unpaired) electrons. The van der Waals surface area contributed by atoms with Gasteiger partial charge in [0.15, 0.2) is 0 Å². The third-order valence-electron chi connectivity index (χ3n) is 4.13.